The van der Waals surface area contributed by atoms with Crippen molar-refractivity contribution in [1.82, 2.24) is 20.4 Å². The Morgan fingerprint density at radius 1 is 1.55 bits per heavy atom. The third-order valence-electron chi connectivity index (χ3n) is 3.06. The number of aromatic nitrogens is 2. The van der Waals surface area contributed by atoms with E-state index in [9.17, 15) is 9.59 Å². The fraction of sp³-hybridized carbons (Fsp3) is 0.636. The molecule has 0 bridgehead atoms. The number of amides is 3. The van der Waals surface area contributed by atoms with Gasteiger partial charge in [0.2, 0.25) is 11.0 Å². The fourth-order valence-corrected chi connectivity index (χ4v) is 3.86. The van der Waals surface area contributed by atoms with Crippen LogP contribution < -0.4 is 10.6 Å². The molecule has 1 saturated heterocycles. The molecule has 9 heteroatoms. The summed E-state index contributed by atoms with van der Waals surface area (Å²) in [5.41, 5.74) is 0. The molecule has 0 spiro atoms. The third-order valence-corrected chi connectivity index (χ3v) is 5.09. The summed E-state index contributed by atoms with van der Waals surface area (Å²) in [6.45, 7) is 2.75. The van der Waals surface area contributed by atoms with Crippen LogP contribution in [0.25, 0.3) is 0 Å². The number of rotatable bonds is 5. The molecule has 3 amide bonds. The van der Waals surface area contributed by atoms with Crippen LogP contribution in [0.1, 0.15) is 19.8 Å². The highest BCUT2D eigenvalue weighted by molar-refractivity contribution is 8.02. The van der Waals surface area contributed by atoms with Gasteiger partial charge < -0.3 is 10.6 Å². The van der Waals surface area contributed by atoms with Crippen LogP contribution in [0.5, 0.6) is 0 Å². The van der Waals surface area contributed by atoms with Crippen LogP contribution in [-0.2, 0) is 4.79 Å². The van der Waals surface area contributed by atoms with Gasteiger partial charge in [0.25, 0.3) is 0 Å². The average Bonchev–Trinajstić information content (AvgIpc) is 2.95. The molecule has 1 aliphatic carbocycles. The Morgan fingerprint density at radius 2 is 2.35 bits per heavy atom. The zero-order valence-electron chi connectivity index (χ0n) is 11.0. The summed E-state index contributed by atoms with van der Waals surface area (Å²) in [5.74, 6) is -0.183. The lowest BCUT2D eigenvalue weighted by atomic mass is 10.4. The fourth-order valence-electron chi connectivity index (χ4n) is 1.82. The minimum absolute atomic E-state index is 0.183. The van der Waals surface area contributed by atoms with Gasteiger partial charge in [-0.05, 0) is 19.8 Å². The molecule has 1 saturated carbocycles. The highest BCUT2D eigenvalue weighted by Gasteiger charge is 2.31. The number of carbonyl (C=O) groups excluding carboxylic acids is 2. The highest BCUT2D eigenvalue weighted by atomic mass is 32.2. The van der Waals surface area contributed by atoms with E-state index in [0.29, 0.717) is 19.1 Å². The molecule has 0 aromatic carbocycles. The van der Waals surface area contributed by atoms with Crippen molar-refractivity contribution in [2.24, 2.45) is 0 Å². The molecule has 20 heavy (non-hydrogen) atoms. The highest BCUT2D eigenvalue weighted by Crippen LogP contribution is 2.32. The Morgan fingerprint density at radius 3 is 3.00 bits per heavy atom. The van der Waals surface area contributed by atoms with Gasteiger partial charge in [-0.1, -0.05) is 23.1 Å². The van der Waals surface area contributed by atoms with E-state index in [1.165, 1.54) is 40.8 Å². The molecular weight excluding hydrogens is 298 g/mol. The molecule has 3 rings (SSSR count). The number of thioether (sulfide) groups is 1. The van der Waals surface area contributed by atoms with Gasteiger partial charge in [-0.15, -0.1) is 10.2 Å². The lowest BCUT2D eigenvalue weighted by Gasteiger charge is -2.16. The van der Waals surface area contributed by atoms with E-state index >= 15 is 0 Å². The first kappa shape index (κ1) is 13.6. The van der Waals surface area contributed by atoms with E-state index in [0.717, 1.165) is 9.47 Å². The molecule has 1 aromatic rings. The lowest BCUT2D eigenvalue weighted by molar-refractivity contribution is -0.126. The normalized spacial score (nSPS) is 19.9. The van der Waals surface area contributed by atoms with Crippen LogP contribution in [-0.4, -0.2) is 51.4 Å². The monoisotopic (exact) mass is 313 g/mol. The van der Waals surface area contributed by atoms with Gasteiger partial charge in [0, 0.05) is 19.1 Å². The largest absolute Gasteiger partial charge is 0.357 e. The number of imide groups is 1. The molecule has 2 heterocycles. The zero-order valence-corrected chi connectivity index (χ0v) is 12.6. The van der Waals surface area contributed by atoms with Crippen LogP contribution >= 0.6 is 23.1 Å². The molecule has 1 atom stereocenters. The molecule has 2 aliphatic rings. The van der Waals surface area contributed by atoms with Gasteiger partial charge in [-0.25, -0.2) is 4.79 Å². The van der Waals surface area contributed by atoms with Crippen molar-refractivity contribution in [3.05, 3.63) is 0 Å². The molecule has 2 fully saturated rings. The van der Waals surface area contributed by atoms with E-state index in [-0.39, 0.29) is 17.2 Å². The number of hydrogen-bond donors (Lipinski definition) is 2. The molecule has 1 aromatic heterocycles. The number of carbonyl (C=O) groups is 2. The quantitative estimate of drug-likeness (QED) is 0.793. The molecule has 108 valence electrons. The second kappa shape index (κ2) is 5.57. The maximum Gasteiger partial charge on any atom is 0.324 e. The first-order chi connectivity index (χ1) is 9.63. The Balaban J connectivity index is 1.57. The van der Waals surface area contributed by atoms with Gasteiger partial charge >= 0.3 is 6.03 Å². The Labute approximate surface area is 124 Å². The maximum atomic E-state index is 12.1. The summed E-state index contributed by atoms with van der Waals surface area (Å²) in [6, 6.07) is 0.226. The zero-order chi connectivity index (χ0) is 14.1. The van der Waals surface area contributed by atoms with E-state index in [4.69, 9.17) is 0 Å². The summed E-state index contributed by atoms with van der Waals surface area (Å²) in [6.07, 6.45) is 2.36. The van der Waals surface area contributed by atoms with E-state index in [2.05, 4.69) is 20.8 Å². The van der Waals surface area contributed by atoms with Crippen molar-refractivity contribution in [2.45, 2.75) is 35.4 Å². The minimum atomic E-state index is -0.347. The molecule has 1 aliphatic heterocycles. The second-order valence-electron chi connectivity index (χ2n) is 4.77. The van der Waals surface area contributed by atoms with Gasteiger partial charge in [0.05, 0.1) is 5.25 Å². The molecule has 0 radical (unpaired) electrons. The van der Waals surface area contributed by atoms with Crippen LogP contribution in [0.15, 0.2) is 4.34 Å². The standard InChI is InChI=1S/C11H15N5O2S2/c1-6(8(17)16-5-4-12-10(16)18)19-11-15-14-9(20-11)13-7-2-3-7/h6-7H,2-5H2,1H3,(H,12,18)(H,13,14). The Bertz CT molecular complexity index is 531. The molecule has 7 nitrogen and oxygen atoms in total. The van der Waals surface area contributed by atoms with Crippen LogP contribution in [0.2, 0.25) is 0 Å². The summed E-state index contributed by atoms with van der Waals surface area (Å²) in [5, 5.41) is 14.5. The van der Waals surface area contributed by atoms with Crippen molar-refractivity contribution in [3.63, 3.8) is 0 Å². The van der Waals surface area contributed by atoms with Crippen molar-refractivity contribution in [2.75, 3.05) is 18.4 Å². The van der Waals surface area contributed by atoms with Crippen molar-refractivity contribution >= 4 is 40.2 Å². The maximum absolute atomic E-state index is 12.1. The van der Waals surface area contributed by atoms with Gasteiger partial charge in [-0.2, -0.15) is 0 Å². The number of urea groups is 1. The summed E-state index contributed by atoms with van der Waals surface area (Å²) in [7, 11) is 0. The Hall–Kier alpha value is -1.35. The topological polar surface area (TPSA) is 87.2 Å². The summed E-state index contributed by atoms with van der Waals surface area (Å²) < 4.78 is 0.744. The molecule has 2 N–H and O–H groups in total. The van der Waals surface area contributed by atoms with Crippen molar-refractivity contribution in [3.8, 4) is 0 Å². The minimum Gasteiger partial charge on any atom is -0.357 e. The summed E-state index contributed by atoms with van der Waals surface area (Å²) >= 11 is 2.79. The first-order valence-corrected chi connectivity index (χ1v) is 8.19. The lowest BCUT2D eigenvalue weighted by Crippen LogP contribution is -2.38. The van der Waals surface area contributed by atoms with Gasteiger partial charge in [0.15, 0.2) is 4.34 Å². The van der Waals surface area contributed by atoms with E-state index < -0.39 is 0 Å². The predicted molar refractivity (Wildman–Crippen MR) is 77.0 cm³/mol. The Kier molecular flexibility index (Phi) is 3.79. The smallest absolute Gasteiger partial charge is 0.324 e. The predicted octanol–water partition coefficient (Wildman–Crippen LogP) is 1.14. The summed E-state index contributed by atoms with van der Waals surface area (Å²) in [4.78, 5) is 24.8. The number of anilines is 1. The molecular formula is C11H15N5O2S2. The average molecular weight is 313 g/mol. The van der Waals surface area contributed by atoms with Crippen molar-refractivity contribution in [1.29, 1.82) is 0 Å². The van der Waals surface area contributed by atoms with Crippen LogP contribution in [0.3, 0.4) is 0 Å². The third kappa shape index (κ3) is 3.04. The van der Waals surface area contributed by atoms with Gasteiger partial charge in [0.1, 0.15) is 0 Å². The van der Waals surface area contributed by atoms with E-state index in [1.807, 2.05) is 0 Å². The second-order valence-corrected chi connectivity index (χ2v) is 7.34. The molecule has 1 unspecified atom stereocenters. The van der Waals surface area contributed by atoms with Gasteiger partial charge in [-0.3, -0.25) is 9.69 Å². The van der Waals surface area contributed by atoms with E-state index in [1.54, 1.807) is 6.92 Å². The number of nitrogens with zero attached hydrogens (tertiary/aromatic N) is 3. The number of hydrogen-bond acceptors (Lipinski definition) is 7. The first-order valence-electron chi connectivity index (χ1n) is 6.49. The van der Waals surface area contributed by atoms with Crippen LogP contribution in [0.4, 0.5) is 9.93 Å². The van der Waals surface area contributed by atoms with Crippen LogP contribution in [0, 0.1) is 0 Å². The number of nitrogens with one attached hydrogen (secondary N) is 2. The SMILES string of the molecule is CC(Sc1nnc(NC2CC2)s1)C(=O)N1CCNC1=O. The van der Waals surface area contributed by atoms with Crippen molar-refractivity contribution < 1.29 is 9.59 Å².